The third-order valence-corrected chi connectivity index (χ3v) is 4.79. The molecule has 0 radical (unpaired) electrons. The van der Waals surface area contributed by atoms with E-state index in [9.17, 15) is 13.2 Å². The highest BCUT2D eigenvalue weighted by Crippen LogP contribution is 2.26. The molecule has 1 aliphatic rings. The molecular weight excluding hydrogens is 300 g/mol. The zero-order valence-corrected chi connectivity index (χ0v) is 14.4. The lowest BCUT2D eigenvalue weighted by atomic mass is 9.87. The number of nitrogens with one attached hydrogen (secondary N) is 1. The lowest BCUT2D eigenvalue weighted by molar-refractivity contribution is -0.119. The lowest BCUT2D eigenvalue weighted by Crippen LogP contribution is -2.41. The van der Waals surface area contributed by atoms with Crippen LogP contribution in [0, 0.1) is 0 Å². The Morgan fingerprint density at radius 2 is 1.77 bits per heavy atom. The van der Waals surface area contributed by atoms with Gasteiger partial charge in [-0.2, -0.15) is 0 Å². The number of amides is 1. The fraction of sp³-hybridized carbons (Fsp3) is 0.562. The van der Waals surface area contributed by atoms with E-state index in [-0.39, 0.29) is 23.9 Å². The van der Waals surface area contributed by atoms with Crippen LogP contribution >= 0.6 is 0 Å². The Kier molecular flexibility index (Phi) is 4.52. The quantitative estimate of drug-likeness (QED) is 0.901. The largest absolute Gasteiger partial charge is 0.352 e. The predicted molar refractivity (Wildman–Crippen MR) is 88.5 cm³/mol. The molecule has 1 amide bonds. The molecule has 1 aromatic rings. The second-order valence-electron chi connectivity index (χ2n) is 6.91. The molecule has 0 spiro atoms. The lowest BCUT2D eigenvalue weighted by Gasteiger charge is -2.24. The van der Waals surface area contributed by atoms with E-state index >= 15 is 0 Å². The minimum atomic E-state index is -3.50. The minimum absolute atomic E-state index is 0.00218. The first-order chi connectivity index (χ1) is 10.1. The van der Waals surface area contributed by atoms with Crippen molar-refractivity contribution < 1.29 is 13.2 Å². The Bertz CT molecular complexity index is 641. The number of benzene rings is 1. The van der Waals surface area contributed by atoms with Crippen LogP contribution in [0.4, 0.5) is 5.69 Å². The molecule has 122 valence electrons. The summed E-state index contributed by atoms with van der Waals surface area (Å²) >= 11 is 0. The Morgan fingerprint density at radius 3 is 2.18 bits per heavy atom. The smallest absolute Gasteiger partial charge is 0.240 e. The van der Waals surface area contributed by atoms with E-state index < -0.39 is 10.0 Å². The fourth-order valence-electron chi connectivity index (χ4n) is 2.16. The van der Waals surface area contributed by atoms with Crippen molar-refractivity contribution in [3.05, 3.63) is 29.8 Å². The Hall–Kier alpha value is -1.56. The van der Waals surface area contributed by atoms with Crippen LogP contribution in [0.5, 0.6) is 0 Å². The Labute approximate surface area is 132 Å². The molecule has 0 unspecified atom stereocenters. The van der Waals surface area contributed by atoms with Crippen molar-refractivity contribution in [1.29, 1.82) is 0 Å². The molecule has 1 fully saturated rings. The molecule has 0 aromatic heterocycles. The number of nitrogens with zero attached hydrogens (tertiary/aromatic N) is 1. The van der Waals surface area contributed by atoms with Gasteiger partial charge in [0.2, 0.25) is 15.9 Å². The molecule has 1 saturated carbocycles. The van der Waals surface area contributed by atoms with E-state index in [1.165, 1.54) is 0 Å². The normalized spacial score (nSPS) is 15.5. The Morgan fingerprint density at radius 1 is 1.23 bits per heavy atom. The highest BCUT2D eigenvalue weighted by atomic mass is 32.2. The molecular formula is C16H24N2O3S. The van der Waals surface area contributed by atoms with Gasteiger partial charge < -0.3 is 5.32 Å². The monoisotopic (exact) mass is 324 g/mol. The first kappa shape index (κ1) is 16.8. The van der Waals surface area contributed by atoms with Crippen molar-refractivity contribution in [3.63, 3.8) is 0 Å². The van der Waals surface area contributed by atoms with Gasteiger partial charge in [0, 0.05) is 6.04 Å². The Balaban J connectivity index is 2.20. The summed E-state index contributed by atoms with van der Waals surface area (Å²) in [4.78, 5) is 11.9. The highest BCUT2D eigenvalue weighted by molar-refractivity contribution is 7.92. The van der Waals surface area contributed by atoms with E-state index in [2.05, 4.69) is 26.1 Å². The standard InChI is InChI=1S/C16H24N2O3S/c1-16(2,3)12-5-9-14(10-6-12)18(22(4,20)21)11-15(19)17-13-7-8-13/h5-6,9-10,13H,7-8,11H2,1-4H3,(H,17,19). The van der Waals surface area contributed by atoms with Gasteiger partial charge in [-0.05, 0) is 36.0 Å². The third-order valence-electron chi connectivity index (χ3n) is 3.65. The van der Waals surface area contributed by atoms with Gasteiger partial charge in [-0.25, -0.2) is 8.42 Å². The van der Waals surface area contributed by atoms with E-state index in [0.717, 1.165) is 29.0 Å². The highest BCUT2D eigenvalue weighted by Gasteiger charge is 2.27. The zero-order valence-electron chi connectivity index (χ0n) is 13.6. The second-order valence-corrected chi connectivity index (χ2v) is 8.82. The predicted octanol–water partition coefficient (Wildman–Crippen LogP) is 2.03. The van der Waals surface area contributed by atoms with Crippen LogP contribution in [0.15, 0.2) is 24.3 Å². The first-order valence-corrected chi connectivity index (χ1v) is 9.30. The van der Waals surface area contributed by atoms with Gasteiger partial charge in [-0.15, -0.1) is 0 Å². The number of sulfonamides is 1. The second kappa shape index (κ2) is 5.91. The number of hydrogen-bond donors (Lipinski definition) is 1. The minimum Gasteiger partial charge on any atom is -0.352 e. The summed E-state index contributed by atoms with van der Waals surface area (Å²) in [5, 5.41) is 2.82. The average molecular weight is 324 g/mol. The van der Waals surface area contributed by atoms with Gasteiger partial charge in [-0.3, -0.25) is 9.10 Å². The molecule has 0 atom stereocenters. The maximum absolute atomic E-state index is 12.0. The molecule has 6 heteroatoms. The van der Waals surface area contributed by atoms with Crippen LogP contribution in [0.2, 0.25) is 0 Å². The average Bonchev–Trinajstić information content (AvgIpc) is 3.17. The maximum atomic E-state index is 12.0. The molecule has 22 heavy (non-hydrogen) atoms. The van der Waals surface area contributed by atoms with E-state index in [1.54, 1.807) is 12.1 Å². The molecule has 0 aliphatic heterocycles. The summed E-state index contributed by atoms with van der Waals surface area (Å²) < 4.78 is 25.1. The number of carbonyl (C=O) groups is 1. The number of carbonyl (C=O) groups excluding carboxylic acids is 1. The van der Waals surface area contributed by atoms with Gasteiger partial charge in [0.05, 0.1) is 11.9 Å². The summed E-state index contributed by atoms with van der Waals surface area (Å²) in [7, 11) is -3.50. The van der Waals surface area contributed by atoms with Crippen LogP contribution in [0.25, 0.3) is 0 Å². The fourth-order valence-corrected chi connectivity index (χ4v) is 3.02. The molecule has 0 saturated heterocycles. The summed E-state index contributed by atoms with van der Waals surface area (Å²) in [5.41, 5.74) is 1.63. The van der Waals surface area contributed by atoms with Crippen molar-refractivity contribution in [2.24, 2.45) is 0 Å². The first-order valence-electron chi connectivity index (χ1n) is 7.45. The third kappa shape index (κ3) is 4.47. The number of hydrogen-bond acceptors (Lipinski definition) is 3. The number of rotatable bonds is 5. The van der Waals surface area contributed by atoms with Crippen molar-refractivity contribution >= 4 is 21.6 Å². The van der Waals surface area contributed by atoms with Crippen LogP contribution in [0.3, 0.4) is 0 Å². The summed E-state index contributed by atoms with van der Waals surface area (Å²) in [6.07, 6.45) is 3.07. The van der Waals surface area contributed by atoms with Crippen LogP contribution in [-0.2, 0) is 20.2 Å². The zero-order chi connectivity index (χ0) is 16.5. The van der Waals surface area contributed by atoms with Crippen LogP contribution in [0.1, 0.15) is 39.2 Å². The molecule has 0 bridgehead atoms. The molecule has 1 aliphatic carbocycles. The van der Waals surface area contributed by atoms with E-state index in [4.69, 9.17) is 0 Å². The van der Waals surface area contributed by atoms with Crippen molar-refractivity contribution in [2.45, 2.75) is 45.1 Å². The van der Waals surface area contributed by atoms with Gasteiger partial charge in [0.1, 0.15) is 6.54 Å². The van der Waals surface area contributed by atoms with Gasteiger partial charge in [0.25, 0.3) is 0 Å². The molecule has 0 heterocycles. The summed E-state index contributed by atoms with van der Waals surface area (Å²) in [6, 6.07) is 7.55. The summed E-state index contributed by atoms with van der Waals surface area (Å²) in [5.74, 6) is -0.257. The van der Waals surface area contributed by atoms with Crippen LogP contribution < -0.4 is 9.62 Å². The van der Waals surface area contributed by atoms with Gasteiger partial charge in [0.15, 0.2) is 0 Å². The van der Waals surface area contributed by atoms with Gasteiger partial charge >= 0.3 is 0 Å². The molecule has 1 aromatic carbocycles. The van der Waals surface area contributed by atoms with Crippen molar-refractivity contribution in [3.8, 4) is 0 Å². The molecule has 5 nitrogen and oxygen atoms in total. The van der Waals surface area contributed by atoms with E-state index in [1.807, 2.05) is 12.1 Å². The molecule has 2 rings (SSSR count). The summed E-state index contributed by atoms with van der Waals surface area (Å²) in [6.45, 7) is 6.11. The SMILES string of the molecule is CC(C)(C)c1ccc(N(CC(=O)NC2CC2)S(C)(=O)=O)cc1. The van der Waals surface area contributed by atoms with Gasteiger partial charge in [-0.1, -0.05) is 32.9 Å². The number of anilines is 1. The van der Waals surface area contributed by atoms with Crippen molar-refractivity contribution in [2.75, 3.05) is 17.1 Å². The molecule has 1 N–H and O–H groups in total. The topological polar surface area (TPSA) is 66.5 Å². The van der Waals surface area contributed by atoms with Crippen molar-refractivity contribution in [1.82, 2.24) is 5.32 Å². The van der Waals surface area contributed by atoms with Crippen LogP contribution in [-0.4, -0.2) is 33.2 Å². The maximum Gasteiger partial charge on any atom is 0.240 e. The van der Waals surface area contributed by atoms with E-state index in [0.29, 0.717) is 5.69 Å².